The number of carbonyl (C=O) groups excluding carboxylic acids is 1. The van der Waals surface area contributed by atoms with Crippen molar-refractivity contribution >= 4 is 40.6 Å². The standard InChI is InChI=1S/C16H14Cl2N6O3/c1-2-23-14(13(7-19-23)24(26)27)16(25)20-15-12(18)9-22(21-15)8-10-3-5-11(17)6-4-10/h3-7,9H,2,8H2,1H3,(H,20,21,25). The Labute approximate surface area is 163 Å². The molecule has 9 nitrogen and oxygen atoms in total. The predicted molar refractivity (Wildman–Crippen MR) is 100 cm³/mol. The summed E-state index contributed by atoms with van der Waals surface area (Å²) in [5, 5.41) is 22.5. The second-order valence-corrected chi connectivity index (χ2v) is 6.40. The van der Waals surface area contributed by atoms with Gasteiger partial charge in [-0.2, -0.15) is 10.2 Å². The minimum Gasteiger partial charge on any atom is -0.302 e. The fourth-order valence-electron chi connectivity index (χ4n) is 2.49. The van der Waals surface area contributed by atoms with Crippen molar-refractivity contribution in [2.24, 2.45) is 0 Å². The third kappa shape index (κ3) is 4.09. The molecular weight excluding hydrogens is 395 g/mol. The zero-order chi connectivity index (χ0) is 19.6. The fraction of sp³-hybridized carbons (Fsp3) is 0.188. The van der Waals surface area contributed by atoms with Crippen LogP contribution in [0.5, 0.6) is 0 Å². The number of hydrogen-bond acceptors (Lipinski definition) is 5. The molecule has 0 saturated carbocycles. The molecular formula is C16H14Cl2N6O3. The van der Waals surface area contributed by atoms with Crippen molar-refractivity contribution in [3.63, 3.8) is 0 Å². The number of aryl methyl sites for hydroxylation is 1. The van der Waals surface area contributed by atoms with Gasteiger partial charge in [0.1, 0.15) is 11.2 Å². The van der Waals surface area contributed by atoms with Crippen molar-refractivity contribution in [1.29, 1.82) is 0 Å². The molecule has 27 heavy (non-hydrogen) atoms. The number of nitro groups is 1. The zero-order valence-corrected chi connectivity index (χ0v) is 15.6. The smallest absolute Gasteiger partial charge is 0.302 e. The number of halogens is 2. The molecule has 2 aromatic heterocycles. The van der Waals surface area contributed by atoms with Crippen LogP contribution in [0, 0.1) is 10.1 Å². The highest BCUT2D eigenvalue weighted by Gasteiger charge is 2.27. The van der Waals surface area contributed by atoms with E-state index in [-0.39, 0.29) is 22.2 Å². The van der Waals surface area contributed by atoms with Crippen LogP contribution in [0.4, 0.5) is 11.5 Å². The fourth-order valence-corrected chi connectivity index (χ4v) is 2.81. The summed E-state index contributed by atoms with van der Waals surface area (Å²) >= 11 is 12.0. The number of aromatic nitrogens is 4. The van der Waals surface area contributed by atoms with Gasteiger partial charge in [0.15, 0.2) is 5.82 Å². The van der Waals surface area contributed by atoms with Gasteiger partial charge >= 0.3 is 5.69 Å². The lowest BCUT2D eigenvalue weighted by Gasteiger charge is -2.05. The van der Waals surface area contributed by atoms with Gasteiger partial charge in [-0.1, -0.05) is 35.3 Å². The van der Waals surface area contributed by atoms with Crippen LogP contribution in [0.25, 0.3) is 0 Å². The second-order valence-electron chi connectivity index (χ2n) is 5.56. The minimum absolute atomic E-state index is 0.105. The first-order valence-electron chi connectivity index (χ1n) is 7.88. The largest absolute Gasteiger partial charge is 0.320 e. The molecule has 0 unspecified atom stereocenters. The number of amides is 1. The van der Waals surface area contributed by atoms with Gasteiger partial charge < -0.3 is 5.32 Å². The van der Waals surface area contributed by atoms with Crippen LogP contribution < -0.4 is 5.32 Å². The maximum absolute atomic E-state index is 12.5. The number of benzene rings is 1. The van der Waals surface area contributed by atoms with Crippen LogP contribution >= 0.6 is 23.2 Å². The predicted octanol–water partition coefficient (Wildman–Crippen LogP) is 3.62. The molecule has 0 radical (unpaired) electrons. The summed E-state index contributed by atoms with van der Waals surface area (Å²) in [6.45, 7) is 2.44. The number of nitrogens with zero attached hydrogens (tertiary/aromatic N) is 5. The Morgan fingerprint density at radius 1 is 1.30 bits per heavy atom. The van der Waals surface area contributed by atoms with Crippen molar-refractivity contribution in [3.8, 4) is 0 Å². The van der Waals surface area contributed by atoms with Crippen LogP contribution in [0.3, 0.4) is 0 Å². The summed E-state index contributed by atoms with van der Waals surface area (Å²) in [5.41, 5.74) is 0.396. The Morgan fingerprint density at radius 2 is 2.00 bits per heavy atom. The lowest BCUT2D eigenvalue weighted by molar-refractivity contribution is -0.385. The van der Waals surface area contributed by atoms with Gasteiger partial charge in [-0.3, -0.25) is 24.3 Å². The Kier molecular flexibility index (Phi) is 5.43. The Hall–Kier alpha value is -2.91. The molecule has 2 heterocycles. The first kappa shape index (κ1) is 18.9. The summed E-state index contributed by atoms with van der Waals surface area (Å²) < 4.78 is 2.79. The molecule has 0 aliphatic carbocycles. The Balaban J connectivity index is 1.81. The van der Waals surface area contributed by atoms with Gasteiger partial charge in [0.2, 0.25) is 5.69 Å². The zero-order valence-electron chi connectivity index (χ0n) is 14.1. The lowest BCUT2D eigenvalue weighted by Crippen LogP contribution is -2.19. The molecule has 140 valence electrons. The first-order valence-corrected chi connectivity index (χ1v) is 8.63. The quantitative estimate of drug-likeness (QED) is 0.494. The normalized spacial score (nSPS) is 10.8. The first-order chi connectivity index (χ1) is 12.9. The number of hydrogen-bond donors (Lipinski definition) is 1. The van der Waals surface area contributed by atoms with E-state index in [0.29, 0.717) is 18.1 Å². The van der Waals surface area contributed by atoms with E-state index in [9.17, 15) is 14.9 Å². The molecule has 3 rings (SSSR count). The maximum Gasteiger partial charge on any atom is 0.320 e. The highest BCUT2D eigenvalue weighted by Crippen LogP contribution is 2.24. The van der Waals surface area contributed by atoms with Gasteiger partial charge in [-0.25, -0.2) is 0 Å². The Morgan fingerprint density at radius 3 is 2.63 bits per heavy atom. The summed E-state index contributed by atoms with van der Waals surface area (Å²) in [5.74, 6) is -0.603. The number of anilines is 1. The molecule has 0 bridgehead atoms. The molecule has 0 spiro atoms. The van der Waals surface area contributed by atoms with Gasteiger partial charge in [0.25, 0.3) is 5.91 Å². The van der Waals surface area contributed by atoms with E-state index in [0.717, 1.165) is 11.8 Å². The van der Waals surface area contributed by atoms with Crippen molar-refractivity contribution in [3.05, 3.63) is 68.1 Å². The summed E-state index contributed by atoms with van der Waals surface area (Å²) in [6.07, 6.45) is 2.59. The molecule has 11 heteroatoms. The third-order valence-electron chi connectivity index (χ3n) is 3.74. The molecule has 0 atom stereocenters. The van der Waals surface area contributed by atoms with Gasteiger partial charge in [0, 0.05) is 17.8 Å². The van der Waals surface area contributed by atoms with Crippen LogP contribution in [0.1, 0.15) is 23.0 Å². The molecule has 0 aliphatic rings. The van der Waals surface area contributed by atoms with Gasteiger partial charge in [0.05, 0.1) is 11.5 Å². The molecule has 0 fully saturated rings. The monoisotopic (exact) mass is 408 g/mol. The third-order valence-corrected chi connectivity index (χ3v) is 4.27. The summed E-state index contributed by atoms with van der Waals surface area (Å²) in [7, 11) is 0. The minimum atomic E-state index is -0.709. The van der Waals surface area contributed by atoms with Crippen LogP contribution in [-0.2, 0) is 13.1 Å². The SMILES string of the molecule is CCn1ncc([N+](=O)[O-])c1C(=O)Nc1nn(Cc2ccc(Cl)cc2)cc1Cl. The average molecular weight is 409 g/mol. The Bertz CT molecular complexity index is 996. The van der Waals surface area contributed by atoms with Crippen LogP contribution in [0.15, 0.2) is 36.7 Å². The molecule has 0 aliphatic heterocycles. The van der Waals surface area contributed by atoms with Gasteiger partial charge in [-0.05, 0) is 24.6 Å². The lowest BCUT2D eigenvalue weighted by atomic mass is 10.2. The van der Waals surface area contributed by atoms with Crippen LogP contribution in [-0.4, -0.2) is 30.4 Å². The number of nitrogens with one attached hydrogen (secondary N) is 1. The number of carbonyl (C=O) groups is 1. The van der Waals surface area contributed by atoms with E-state index in [1.807, 2.05) is 12.1 Å². The molecule has 3 aromatic rings. The highest BCUT2D eigenvalue weighted by molar-refractivity contribution is 6.33. The molecule has 1 aromatic carbocycles. The van der Waals surface area contributed by atoms with Crippen molar-refractivity contribution < 1.29 is 9.72 Å². The highest BCUT2D eigenvalue weighted by atomic mass is 35.5. The molecule has 0 saturated heterocycles. The van der Waals surface area contributed by atoms with E-state index >= 15 is 0 Å². The summed E-state index contributed by atoms with van der Waals surface area (Å²) in [6, 6.07) is 7.21. The maximum atomic E-state index is 12.5. The van der Waals surface area contributed by atoms with E-state index in [2.05, 4.69) is 15.5 Å². The van der Waals surface area contributed by atoms with Crippen molar-refractivity contribution in [2.75, 3.05) is 5.32 Å². The van der Waals surface area contributed by atoms with E-state index < -0.39 is 10.8 Å². The van der Waals surface area contributed by atoms with E-state index in [1.54, 1.807) is 29.9 Å². The summed E-state index contributed by atoms with van der Waals surface area (Å²) in [4.78, 5) is 23.0. The second kappa shape index (κ2) is 7.77. The van der Waals surface area contributed by atoms with Gasteiger partial charge in [-0.15, -0.1) is 0 Å². The van der Waals surface area contributed by atoms with Crippen molar-refractivity contribution in [1.82, 2.24) is 19.6 Å². The number of rotatable bonds is 6. The van der Waals surface area contributed by atoms with E-state index in [4.69, 9.17) is 23.2 Å². The molecule has 1 N–H and O–H groups in total. The topological polar surface area (TPSA) is 108 Å². The average Bonchev–Trinajstić information content (AvgIpc) is 3.20. The van der Waals surface area contributed by atoms with E-state index in [1.165, 1.54) is 4.68 Å². The molecule has 1 amide bonds. The van der Waals surface area contributed by atoms with Crippen molar-refractivity contribution in [2.45, 2.75) is 20.0 Å². The van der Waals surface area contributed by atoms with Crippen LogP contribution in [0.2, 0.25) is 10.0 Å².